The molecule has 1 N–H and O–H groups in total. The molecule has 4 heterocycles. The zero-order chi connectivity index (χ0) is 20.8. The van der Waals surface area contributed by atoms with Crippen LogP contribution in [-0.4, -0.2) is 49.1 Å². The van der Waals surface area contributed by atoms with Crippen molar-refractivity contribution in [2.75, 3.05) is 11.9 Å². The zero-order valence-corrected chi connectivity index (χ0v) is 17.7. The summed E-state index contributed by atoms with van der Waals surface area (Å²) in [7, 11) is 1.74. The topological polar surface area (TPSA) is 68.0 Å². The van der Waals surface area contributed by atoms with Crippen LogP contribution >= 0.6 is 12.4 Å². The largest absolute Gasteiger partial charge is 0.410 e. The van der Waals surface area contributed by atoms with Crippen molar-refractivity contribution < 1.29 is 18.0 Å². The van der Waals surface area contributed by atoms with E-state index in [-0.39, 0.29) is 36.8 Å². The smallest absolute Gasteiger partial charge is 0.367 e. The molecule has 11 heteroatoms. The highest BCUT2D eigenvalue weighted by atomic mass is 35.5. The third kappa shape index (κ3) is 4.14. The second kappa shape index (κ2) is 8.49. The molecule has 0 aliphatic carbocycles. The fourth-order valence-electron chi connectivity index (χ4n) is 4.26. The van der Waals surface area contributed by atoms with E-state index in [1.165, 1.54) is 0 Å². The van der Waals surface area contributed by atoms with Gasteiger partial charge in [0.2, 0.25) is 0 Å². The summed E-state index contributed by atoms with van der Waals surface area (Å²) in [5.41, 5.74) is 0.836. The zero-order valence-electron chi connectivity index (χ0n) is 16.9. The number of nitrogens with one attached hydrogen (secondary N) is 1. The van der Waals surface area contributed by atoms with Gasteiger partial charge in [-0.05, 0) is 38.2 Å². The van der Waals surface area contributed by atoms with Gasteiger partial charge in [-0.1, -0.05) is 6.92 Å². The van der Waals surface area contributed by atoms with Gasteiger partial charge >= 0.3 is 6.18 Å². The Morgan fingerprint density at radius 3 is 2.70 bits per heavy atom. The summed E-state index contributed by atoms with van der Waals surface area (Å²) < 4.78 is 43.6. The second-order valence-electron chi connectivity index (χ2n) is 7.83. The SMILES string of the molecule is CC[C@@H]1C[C@H](C(F)(F)F)n2nc(C3CCCCN3C(=O)c3ccn(C)n3)cc2N1.Cl. The minimum absolute atomic E-state index is 0. The molecule has 1 saturated heterocycles. The Labute approximate surface area is 179 Å². The highest BCUT2D eigenvalue weighted by Gasteiger charge is 2.46. The summed E-state index contributed by atoms with van der Waals surface area (Å²) in [5, 5.41) is 11.7. The summed E-state index contributed by atoms with van der Waals surface area (Å²) in [6.45, 7) is 2.41. The number of amides is 1. The van der Waals surface area contributed by atoms with Gasteiger partial charge in [-0.25, -0.2) is 4.68 Å². The van der Waals surface area contributed by atoms with Crippen LogP contribution in [0.15, 0.2) is 18.3 Å². The molecular formula is C19H26ClF3N6O. The van der Waals surface area contributed by atoms with Crippen LogP contribution in [0.3, 0.4) is 0 Å². The average molecular weight is 447 g/mol. The number of aryl methyl sites for hydroxylation is 1. The Kier molecular flexibility index (Phi) is 6.35. The van der Waals surface area contributed by atoms with Crippen molar-refractivity contribution in [3.63, 3.8) is 0 Å². The standard InChI is InChI=1S/C19H25F3N6O.ClH/c1-3-12-10-16(19(20,21)22)28-17(23-12)11-14(25-28)15-6-4-5-8-27(15)18(29)13-7-9-26(2)24-13;/h7,9,11-12,15-16,23H,3-6,8,10H2,1-2H3;1H/t12-,15?,16-;/m1./s1. The minimum Gasteiger partial charge on any atom is -0.367 e. The molecular weight excluding hydrogens is 421 g/mol. The van der Waals surface area contributed by atoms with Crippen molar-refractivity contribution in [1.29, 1.82) is 0 Å². The molecule has 0 aromatic carbocycles. The Bertz CT molecular complexity index is 895. The molecule has 7 nitrogen and oxygen atoms in total. The van der Waals surface area contributed by atoms with Crippen LogP contribution in [0.2, 0.25) is 0 Å². The molecule has 166 valence electrons. The summed E-state index contributed by atoms with van der Waals surface area (Å²) in [6.07, 6.45) is 0.295. The molecule has 1 amide bonds. The van der Waals surface area contributed by atoms with Gasteiger partial charge in [-0.15, -0.1) is 12.4 Å². The predicted molar refractivity (Wildman–Crippen MR) is 108 cm³/mol. The van der Waals surface area contributed by atoms with Crippen LogP contribution < -0.4 is 5.32 Å². The number of carbonyl (C=O) groups excluding carboxylic acids is 1. The Morgan fingerprint density at radius 1 is 1.30 bits per heavy atom. The highest BCUT2D eigenvalue weighted by Crippen LogP contribution is 2.42. The fourth-order valence-corrected chi connectivity index (χ4v) is 4.26. The normalized spacial score (nSPS) is 24.0. The van der Waals surface area contributed by atoms with Crippen LogP contribution in [0.25, 0.3) is 0 Å². The number of fused-ring (bicyclic) bond motifs is 1. The monoisotopic (exact) mass is 446 g/mol. The van der Waals surface area contributed by atoms with Gasteiger partial charge in [-0.2, -0.15) is 23.4 Å². The van der Waals surface area contributed by atoms with Crippen LogP contribution in [0, 0.1) is 0 Å². The molecule has 0 spiro atoms. The first kappa shape index (κ1) is 22.5. The first-order chi connectivity index (χ1) is 13.8. The number of rotatable bonds is 3. The summed E-state index contributed by atoms with van der Waals surface area (Å²) in [5.74, 6) is 0.157. The van der Waals surface area contributed by atoms with Gasteiger partial charge in [0.25, 0.3) is 5.91 Å². The van der Waals surface area contributed by atoms with Crippen LogP contribution in [0.5, 0.6) is 0 Å². The first-order valence-electron chi connectivity index (χ1n) is 10.0. The number of carbonyl (C=O) groups is 1. The maximum atomic E-state index is 13.6. The molecule has 0 bridgehead atoms. The lowest BCUT2D eigenvalue weighted by atomic mass is 9.98. The maximum Gasteiger partial charge on any atom is 0.410 e. The number of nitrogens with zero attached hydrogens (tertiary/aromatic N) is 5. The van der Waals surface area contributed by atoms with E-state index in [1.54, 1.807) is 35.0 Å². The fraction of sp³-hybridized carbons (Fsp3) is 0.632. The van der Waals surface area contributed by atoms with Gasteiger partial charge in [0.1, 0.15) is 11.5 Å². The summed E-state index contributed by atoms with van der Waals surface area (Å²) >= 11 is 0. The van der Waals surface area contributed by atoms with Gasteiger partial charge < -0.3 is 10.2 Å². The van der Waals surface area contributed by atoms with Gasteiger partial charge in [0.05, 0.1) is 11.7 Å². The lowest BCUT2D eigenvalue weighted by Crippen LogP contribution is -2.40. The molecule has 3 atom stereocenters. The van der Waals surface area contributed by atoms with Crippen LogP contribution in [0.1, 0.15) is 67.3 Å². The molecule has 30 heavy (non-hydrogen) atoms. The number of alkyl halides is 3. The number of aromatic nitrogens is 4. The van der Waals surface area contributed by atoms with Crippen LogP contribution in [0.4, 0.5) is 19.0 Å². The molecule has 2 aliphatic heterocycles. The number of hydrogen-bond donors (Lipinski definition) is 1. The molecule has 2 aromatic rings. The second-order valence-corrected chi connectivity index (χ2v) is 7.83. The molecule has 4 rings (SSSR count). The van der Waals surface area contributed by atoms with E-state index in [1.807, 2.05) is 6.92 Å². The third-order valence-corrected chi connectivity index (χ3v) is 5.82. The third-order valence-electron chi connectivity index (χ3n) is 5.82. The van der Waals surface area contributed by atoms with Crippen LogP contribution in [-0.2, 0) is 7.05 Å². The summed E-state index contributed by atoms with van der Waals surface area (Å²) in [6, 6.07) is 1.07. The average Bonchev–Trinajstić information content (AvgIpc) is 3.31. The number of likely N-dealkylation sites (tertiary alicyclic amines) is 1. The van der Waals surface area contributed by atoms with Crippen molar-refractivity contribution in [3.8, 4) is 0 Å². The highest BCUT2D eigenvalue weighted by molar-refractivity contribution is 5.92. The molecule has 1 fully saturated rings. The maximum absolute atomic E-state index is 13.6. The van der Waals surface area contributed by atoms with Gasteiger partial charge in [-0.3, -0.25) is 9.48 Å². The quantitative estimate of drug-likeness (QED) is 0.770. The van der Waals surface area contributed by atoms with E-state index < -0.39 is 12.2 Å². The van der Waals surface area contributed by atoms with E-state index in [4.69, 9.17) is 0 Å². The lowest BCUT2D eigenvalue weighted by molar-refractivity contribution is -0.173. The van der Waals surface area contributed by atoms with Crippen molar-refractivity contribution in [1.82, 2.24) is 24.5 Å². The van der Waals surface area contributed by atoms with E-state index in [0.717, 1.165) is 17.5 Å². The summed E-state index contributed by atoms with van der Waals surface area (Å²) in [4.78, 5) is 14.7. The lowest BCUT2D eigenvalue weighted by Gasteiger charge is -2.34. The van der Waals surface area contributed by atoms with Gasteiger partial charge in [0, 0.05) is 31.9 Å². The molecule has 2 aromatic heterocycles. The predicted octanol–water partition coefficient (Wildman–Crippen LogP) is 4.10. The Hall–Kier alpha value is -2.23. The van der Waals surface area contributed by atoms with Crippen molar-refractivity contribution in [2.45, 2.75) is 63.3 Å². The van der Waals surface area contributed by atoms with E-state index in [2.05, 4.69) is 15.5 Å². The van der Waals surface area contributed by atoms with E-state index in [9.17, 15) is 18.0 Å². The molecule has 1 unspecified atom stereocenters. The number of halogens is 4. The number of piperidine rings is 1. The minimum atomic E-state index is -4.37. The number of anilines is 1. The van der Waals surface area contributed by atoms with Crippen molar-refractivity contribution in [2.24, 2.45) is 7.05 Å². The molecule has 0 radical (unpaired) electrons. The Balaban J connectivity index is 0.00000256. The molecule has 0 saturated carbocycles. The van der Waals surface area contributed by atoms with E-state index >= 15 is 0 Å². The Morgan fingerprint density at radius 2 is 2.07 bits per heavy atom. The number of hydrogen-bond acceptors (Lipinski definition) is 4. The van der Waals surface area contributed by atoms with Gasteiger partial charge in [0.15, 0.2) is 6.04 Å². The van der Waals surface area contributed by atoms with Crippen molar-refractivity contribution >= 4 is 24.1 Å². The first-order valence-corrected chi connectivity index (χ1v) is 10.0. The van der Waals surface area contributed by atoms with Crippen molar-refractivity contribution in [3.05, 3.63) is 29.7 Å². The molecule has 2 aliphatic rings. The van der Waals surface area contributed by atoms with E-state index in [0.29, 0.717) is 36.6 Å².